The summed E-state index contributed by atoms with van der Waals surface area (Å²) in [6, 6.07) is 0. The zero-order valence-corrected chi connectivity index (χ0v) is 33.4. The Balaban J connectivity index is 2.89. The Kier molecular flexibility index (Phi) is 34.0. The highest BCUT2D eigenvalue weighted by atomic mass is 33.1. The van der Waals surface area contributed by atoms with Gasteiger partial charge in [-0.1, -0.05) is 86.4 Å². The molecule has 0 bridgehead atoms. The van der Waals surface area contributed by atoms with Crippen LogP contribution < -0.4 is 22.9 Å². The molecule has 0 amide bonds. The predicted molar refractivity (Wildman–Crippen MR) is 229 cm³/mol. The molecule has 8 N–H and O–H groups in total. The number of nitrogens with two attached hydrogens (primary N) is 4. The van der Waals surface area contributed by atoms with Crippen molar-refractivity contribution in [2.45, 2.75) is 0 Å². The molecule has 1 aliphatic heterocycles. The van der Waals surface area contributed by atoms with Gasteiger partial charge in [-0.2, -0.15) is 0 Å². The first-order chi connectivity index (χ1) is 22.7. The van der Waals surface area contributed by atoms with Gasteiger partial charge in [-0.25, -0.2) is 0 Å². The molecule has 18 heteroatoms. The fourth-order valence-electron chi connectivity index (χ4n) is 3.30. The molecule has 0 saturated heterocycles. The van der Waals surface area contributed by atoms with Crippen LogP contribution in [0.4, 0.5) is 0 Å². The summed E-state index contributed by atoms with van der Waals surface area (Å²) in [5, 5.41) is 0. The Morgan fingerprint density at radius 1 is 0.435 bits per heavy atom. The number of allylic oxidation sites excluding steroid dienone is 2. The Labute approximate surface area is 309 Å². The summed E-state index contributed by atoms with van der Waals surface area (Å²) in [6.07, 6.45) is 12.1. The summed E-state index contributed by atoms with van der Waals surface area (Å²) >= 11 is 0. The molecular formula is C28H54N10S8. The third kappa shape index (κ3) is 28.3. The highest BCUT2D eigenvalue weighted by molar-refractivity contribution is 8.77. The van der Waals surface area contributed by atoms with Crippen LogP contribution in [0.1, 0.15) is 0 Å². The molecule has 1 heterocycles. The van der Waals surface area contributed by atoms with E-state index in [-0.39, 0.29) is 0 Å². The molecule has 0 atom stereocenters. The minimum atomic E-state index is 0.608. The normalized spacial score (nSPS) is 14.1. The van der Waals surface area contributed by atoms with Crippen molar-refractivity contribution in [3.8, 4) is 0 Å². The van der Waals surface area contributed by atoms with Gasteiger partial charge in [-0.3, -0.25) is 20.0 Å². The SMILES string of the molecule is NCCSSCCN(C=C1C=NCCN=CC(=CN(CCSSCCN)CCSSCCN)C=NCCN=C1)CCSSCCN. The molecule has 264 valence electrons. The summed E-state index contributed by atoms with van der Waals surface area (Å²) in [7, 11) is 14.8. The molecule has 0 aromatic heterocycles. The molecule has 0 aromatic carbocycles. The number of hydrogen-bond donors (Lipinski definition) is 4. The van der Waals surface area contributed by atoms with Crippen LogP contribution in [0.5, 0.6) is 0 Å². The van der Waals surface area contributed by atoms with Crippen molar-refractivity contribution in [3.63, 3.8) is 0 Å². The quantitative estimate of drug-likeness (QED) is 0.0736. The molecule has 46 heavy (non-hydrogen) atoms. The van der Waals surface area contributed by atoms with Gasteiger partial charge in [0.15, 0.2) is 0 Å². The third-order valence-corrected chi connectivity index (χ3v) is 15.0. The van der Waals surface area contributed by atoms with Gasteiger partial charge in [-0.05, 0) is 0 Å². The Morgan fingerprint density at radius 3 is 0.913 bits per heavy atom. The van der Waals surface area contributed by atoms with E-state index in [4.69, 9.17) is 22.9 Å². The zero-order chi connectivity index (χ0) is 33.2. The second kappa shape index (κ2) is 35.2. The van der Waals surface area contributed by atoms with E-state index in [1.807, 2.05) is 111 Å². The molecule has 0 radical (unpaired) electrons. The minimum absolute atomic E-state index is 0.608. The summed E-state index contributed by atoms with van der Waals surface area (Å²) in [5.41, 5.74) is 24.6. The molecule has 0 aliphatic carbocycles. The van der Waals surface area contributed by atoms with Gasteiger partial charge < -0.3 is 32.7 Å². The van der Waals surface area contributed by atoms with Crippen molar-refractivity contribution < 1.29 is 0 Å². The first-order valence-corrected chi connectivity index (χ1v) is 25.4. The van der Waals surface area contributed by atoms with Crippen molar-refractivity contribution >= 4 is 111 Å². The molecule has 10 nitrogen and oxygen atoms in total. The summed E-state index contributed by atoms with van der Waals surface area (Å²) < 4.78 is 0. The van der Waals surface area contributed by atoms with Crippen LogP contribution >= 0.6 is 86.4 Å². The number of rotatable bonds is 26. The lowest BCUT2D eigenvalue weighted by Crippen LogP contribution is -2.24. The Bertz CT molecular complexity index is 762. The molecule has 1 rings (SSSR count). The van der Waals surface area contributed by atoms with Gasteiger partial charge >= 0.3 is 0 Å². The van der Waals surface area contributed by atoms with Gasteiger partial charge in [0.2, 0.25) is 0 Å². The van der Waals surface area contributed by atoms with E-state index in [0.29, 0.717) is 52.4 Å². The maximum Gasteiger partial charge on any atom is 0.0585 e. The van der Waals surface area contributed by atoms with E-state index < -0.39 is 0 Å². The largest absolute Gasteiger partial charge is 0.375 e. The van der Waals surface area contributed by atoms with Gasteiger partial charge in [0.05, 0.1) is 26.2 Å². The highest BCUT2D eigenvalue weighted by Crippen LogP contribution is 2.23. The molecule has 0 aromatic rings. The Morgan fingerprint density at radius 2 is 0.674 bits per heavy atom. The number of nitrogens with zero attached hydrogens (tertiary/aromatic N) is 6. The second-order valence-electron chi connectivity index (χ2n) is 9.20. The lowest BCUT2D eigenvalue weighted by atomic mass is 10.3. The summed E-state index contributed by atoms with van der Waals surface area (Å²) in [6.45, 7) is 9.07. The van der Waals surface area contributed by atoms with E-state index in [2.05, 4.69) is 42.2 Å². The predicted octanol–water partition coefficient (Wildman–Crippen LogP) is 4.02. The average Bonchev–Trinajstić information content (AvgIpc) is 3.06. The van der Waals surface area contributed by atoms with Gasteiger partial charge in [0, 0.05) is 147 Å². The van der Waals surface area contributed by atoms with Crippen LogP contribution in [-0.2, 0) is 0 Å². The molecule has 0 spiro atoms. The maximum atomic E-state index is 5.64. The number of aliphatic imine (C=N–C) groups is 4. The minimum Gasteiger partial charge on any atom is -0.375 e. The van der Waals surface area contributed by atoms with Crippen LogP contribution in [0, 0.1) is 0 Å². The highest BCUT2D eigenvalue weighted by Gasteiger charge is 2.05. The van der Waals surface area contributed by atoms with Crippen LogP contribution in [0.3, 0.4) is 0 Å². The van der Waals surface area contributed by atoms with E-state index in [0.717, 1.165) is 83.3 Å². The topological polar surface area (TPSA) is 160 Å². The maximum absolute atomic E-state index is 5.64. The zero-order valence-electron chi connectivity index (χ0n) is 26.9. The number of hydrogen-bond acceptors (Lipinski definition) is 18. The molecule has 0 fully saturated rings. The molecule has 1 aliphatic rings. The summed E-state index contributed by atoms with van der Waals surface area (Å²) in [5.74, 6) is 7.99. The molecular weight excluding hydrogens is 733 g/mol. The van der Waals surface area contributed by atoms with Crippen molar-refractivity contribution in [1.82, 2.24) is 9.80 Å². The van der Waals surface area contributed by atoms with Crippen LogP contribution in [0.2, 0.25) is 0 Å². The molecule has 0 saturated carbocycles. The first kappa shape index (κ1) is 44.4. The lowest BCUT2D eigenvalue weighted by molar-refractivity contribution is 0.426. The van der Waals surface area contributed by atoms with Crippen molar-refractivity contribution in [3.05, 3.63) is 23.5 Å². The van der Waals surface area contributed by atoms with Gasteiger partial charge in [-0.15, -0.1) is 0 Å². The average molecular weight is 787 g/mol. The smallest absolute Gasteiger partial charge is 0.0585 e. The fourth-order valence-corrected chi connectivity index (χ4v) is 10.7. The van der Waals surface area contributed by atoms with Gasteiger partial charge in [0.1, 0.15) is 0 Å². The molecule has 0 unspecified atom stereocenters. The fraction of sp³-hybridized carbons (Fsp3) is 0.714. The van der Waals surface area contributed by atoms with Crippen molar-refractivity contribution in [2.24, 2.45) is 42.9 Å². The van der Waals surface area contributed by atoms with Crippen LogP contribution in [0.25, 0.3) is 0 Å². The summed E-state index contributed by atoms with van der Waals surface area (Å²) in [4.78, 5) is 23.5. The van der Waals surface area contributed by atoms with Crippen LogP contribution in [0.15, 0.2) is 43.5 Å². The van der Waals surface area contributed by atoms with E-state index in [9.17, 15) is 0 Å². The third-order valence-electron chi connectivity index (χ3n) is 5.33. The van der Waals surface area contributed by atoms with Crippen molar-refractivity contribution in [2.75, 3.05) is 125 Å². The van der Waals surface area contributed by atoms with E-state index >= 15 is 0 Å². The van der Waals surface area contributed by atoms with Gasteiger partial charge in [0.25, 0.3) is 0 Å². The van der Waals surface area contributed by atoms with Crippen molar-refractivity contribution in [1.29, 1.82) is 0 Å². The van der Waals surface area contributed by atoms with E-state index in [1.165, 1.54) is 0 Å². The monoisotopic (exact) mass is 786 g/mol. The van der Waals surface area contributed by atoms with Crippen LogP contribution in [-0.4, -0.2) is 159 Å². The lowest BCUT2D eigenvalue weighted by Gasteiger charge is -2.20. The second-order valence-corrected chi connectivity index (χ2v) is 20.0. The standard InChI is InChI=1S/C28H54N10S8/c29-1-13-39-43-17-9-37(10-18-44-40-14-2-30)25-27-21-33-5-7-35-23-28(24-36-8-6-34-22-27)26-38(11-19-45-41-15-3-31)12-20-46-42-16-4-32/h21-26H,1-20,29-32H2. The Hall–Kier alpha value is 0.400. The van der Waals surface area contributed by atoms with E-state index in [1.54, 1.807) is 0 Å². The first-order valence-electron chi connectivity index (χ1n) is 15.4.